The van der Waals surface area contributed by atoms with Gasteiger partial charge in [0.05, 0.1) is 6.04 Å². The molecule has 5 heteroatoms. The Bertz CT molecular complexity index is 594. The molecular formula is C13H14BrF2NO. The van der Waals surface area contributed by atoms with Crippen LogP contribution in [0.2, 0.25) is 0 Å². The Morgan fingerprint density at radius 3 is 2.72 bits per heavy atom. The SMILES string of the molecule is CCNC(C)c1oc2c(F)c(F)cc(Br)c2c1C. The summed E-state index contributed by atoms with van der Waals surface area (Å²) in [6.07, 6.45) is 0. The first kappa shape index (κ1) is 13.5. The van der Waals surface area contributed by atoms with Gasteiger partial charge in [0, 0.05) is 15.4 Å². The quantitative estimate of drug-likeness (QED) is 0.846. The molecule has 18 heavy (non-hydrogen) atoms. The normalized spacial score (nSPS) is 13.2. The second-order valence-corrected chi connectivity index (χ2v) is 5.08. The molecule has 2 rings (SSSR count). The summed E-state index contributed by atoms with van der Waals surface area (Å²) >= 11 is 3.25. The fraction of sp³-hybridized carbons (Fsp3) is 0.385. The van der Waals surface area contributed by atoms with Crippen LogP contribution >= 0.6 is 15.9 Å². The van der Waals surface area contributed by atoms with Crippen molar-refractivity contribution >= 4 is 26.9 Å². The van der Waals surface area contributed by atoms with Crippen LogP contribution in [0.3, 0.4) is 0 Å². The molecule has 0 amide bonds. The largest absolute Gasteiger partial charge is 0.456 e. The molecule has 0 aliphatic heterocycles. The molecule has 0 aliphatic rings. The van der Waals surface area contributed by atoms with E-state index in [0.717, 1.165) is 18.2 Å². The van der Waals surface area contributed by atoms with E-state index in [9.17, 15) is 8.78 Å². The van der Waals surface area contributed by atoms with Crippen molar-refractivity contribution in [3.8, 4) is 0 Å². The molecule has 0 spiro atoms. The van der Waals surface area contributed by atoms with E-state index in [1.165, 1.54) is 0 Å². The second kappa shape index (κ2) is 4.97. The smallest absolute Gasteiger partial charge is 0.201 e. The van der Waals surface area contributed by atoms with E-state index in [4.69, 9.17) is 4.42 Å². The van der Waals surface area contributed by atoms with Crippen LogP contribution in [0.1, 0.15) is 31.2 Å². The summed E-state index contributed by atoms with van der Waals surface area (Å²) < 4.78 is 33.0. The van der Waals surface area contributed by atoms with Gasteiger partial charge in [-0.3, -0.25) is 0 Å². The monoisotopic (exact) mass is 317 g/mol. The number of hydrogen-bond donors (Lipinski definition) is 1. The maximum Gasteiger partial charge on any atom is 0.201 e. The summed E-state index contributed by atoms with van der Waals surface area (Å²) in [6, 6.07) is 1.08. The van der Waals surface area contributed by atoms with Crippen molar-refractivity contribution in [3.63, 3.8) is 0 Å². The molecule has 0 bridgehead atoms. The van der Waals surface area contributed by atoms with E-state index >= 15 is 0 Å². The number of rotatable bonds is 3. The predicted molar refractivity (Wildman–Crippen MR) is 70.7 cm³/mol. The minimum atomic E-state index is -0.939. The Labute approximate surface area is 112 Å². The molecule has 1 N–H and O–H groups in total. The number of fused-ring (bicyclic) bond motifs is 1. The second-order valence-electron chi connectivity index (χ2n) is 4.23. The van der Waals surface area contributed by atoms with Crippen molar-refractivity contribution in [2.45, 2.75) is 26.8 Å². The molecule has 2 nitrogen and oxygen atoms in total. The topological polar surface area (TPSA) is 25.2 Å². The number of hydrogen-bond acceptors (Lipinski definition) is 2. The maximum atomic E-state index is 13.7. The third-order valence-electron chi connectivity index (χ3n) is 2.99. The number of furan rings is 1. The van der Waals surface area contributed by atoms with Gasteiger partial charge >= 0.3 is 0 Å². The highest BCUT2D eigenvalue weighted by molar-refractivity contribution is 9.10. The van der Waals surface area contributed by atoms with Crippen molar-refractivity contribution < 1.29 is 13.2 Å². The Hall–Kier alpha value is -0.940. The van der Waals surface area contributed by atoms with Crippen LogP contribution < -0.4 is 5.32 Å². The summed E-state index contributed by atoms with van der Waals surface area (Å²) in [5.41, 5.74) is 0.795. The van der Waals surface area contributed by atoms with Crippen molar-refractivity contribution in [3.05, 3.63) is 33.5 Å². The predicted octanol–water partition coefficient (Wildman–Crippen LogP) is 4.45. The van der Waals surface area contributed by atoms with Crippen LogP contribution in [0, 0.1) is 18.6 Å². The molecule has 1 atom stereocenters. The van der Waals surface area contributed by atoms with Gasteiger partial charge in [-0.15, -0.1) is 0 Å². The number of nitrogens with one attached hydrogen (secondary N) is 1. The molecular weight excluding hydrogens is 304 g/mol. The van der Waals surface area contributed by atoms with Gasteiger partial charge in [0.2, 0.25) is 5.82 Å². The number of aryl methyl sites for hydroxylation is 1. The summed E-state index contributed by atoms with van der Waals surface area (Å²) in [4.78, 5) is 0. The fourth-order valence-electron chi connectivity index (χ4n) is 2.14. The Morgan fingerprint density at radius 1 is 1.44 bits per heavy atom. The minimum absolute atomic E-state index is 0.0286. The van der Waals surface area contributed by atoms with Crippen LogP contribution in [0.25, 0.3) is 11.0 Å². The lowest BCUT2D eigenvalue weighted by molar-refractivity contribution is 0.437. The molecule has 0 radical (unpaired) electrons. The zero-order valence-electron chi connectivity index (χ0n) is 10.4. The average Bonchev–Trinajstić information content (AvgIpc) is 2.65. The van der Waals surface area contributed by atoms with E-state index in [2.05, 4.69) is 21.2 Å². The fourth-order valence-corrected chi connectivity index (χ4v) is 2.82. The number of halogens is 3. The molecule has 1 aromatic carbocycles. The molecule has 0 saturated heterocycles. The molecule has 0 aliphatic carbocycles. The highest BCUT2D eigenvalue weighted by Crippen LogP contribution is 2.36. The highest BCUT2D eigenvalue weighted by atomic mass is 79.9. The third-order valence-corrected chi connectivity index (χ3v) is 3.61. The van der Waals surface area contributed by atoms with Crippen LogP contribution in [0.15, 0.2) is 15.0 Å². The van der Waals surface area contributed by atoms with Gasteiger partial charge in [-0.1, -0.05) is 6.92 Å². The number of benzene rings is 1. The van der Waals surface area contributed by atoms with Gasteiger partial charge in [-0.25, -0.2) is 4.39 Å². The first-order chi connectivity index (χ1) is 8.47. The lowest BCUT2D eigenvalue weighted by Gasteiger charge is -2.09. The Kier molecular flexibility index (Phi) is 3.73. The highest BCUT2D eigenvalue weighted by Gasteiger charge is 2.22. The zero-order valence-corrected chi connectivity index (χ0v) is 12.0. The van der Waals surface area contributed by atoms with Crippen LogP contribution in [-0.2, 0) is 0 Å². The van der Waals surface area contributed by atoms with Gasteiger partial charge in [-0.05, 0) is 42.4 Å². The Balaban J connectivity index is 2.69. The van der Waals surface area contributed by atoms with Gasteiger partial charge in [0.25, 0.3) is 0 Å². The lowest BCUT2D eigenvalue weighted by atomic mass is 10.1. The summed E-state index contributed by atoms with van der Waals surface area (Å²) in [6.45, 7) is 6.52. The van der Waals surface area contributed by atoms with E-state index in [1.807, 2.05) is 20.8 Å². The van der Waals surface area contributed by atoms with Gasteiger partial charge in [-0.2, -0.15) is 4.39 Å². The minimum Gasteiger partial charge on any atom is -0.456 e. The van der Waals surface area contributed by atoms with E-state index in [-0.39, 0.29) is 11.6 Å². The molecule has 0 fully saturated rings. The molecule has 1 aromatic heterocycles. The summed E-state index contributed by atoms with van der Waals surface area (Å²) in [5, 5.41) is 3.78. The van der Waals surface area contributed by atoms with E-state index in [1.54, 1.807) is 0 Å². The van der Waals surface area contributed by atoms with E-state index < -0.39 is 11.6 Å². The first-order valence-electron chi connectivity index (χ1n) is 5.77. The standard InChI is InChI=1S/C13H14BrF2NO/c1-4-17-7(3)12-6(2)10-8(14)5-9(15)11(16)13(10)18-12/h5,7,17H,4H2,1-3H3. The van der Waals surface area contributed by atoms with E-state index in [0.29, 0.717) is 15.6 Å². The molecule has 1 unspecified atom stereocenters. The lowest BCUT2D eigenvalue weighted by Crippen LogP contribution is -2.17. The zero-order chi connectivity index (χ0) is 13.4. The van der Waals surface area contributed by atoms with Crippen LogP contribution in [0.4, 0.5) is 8.78 Å². The van der Waals surface area contributed by atoms with Crippen molar-refractivity contribution in [1.82, 2.24) is 5.32 Å². The van der Waals surface area contributed by atoms with Crippen LogP contribution in [0.5, 0.6) is 0 Å². The molecule has 98 valence electrons. The van der Waals surface area contributed by atoms with Gasteiger partial charge in [0.1, 0.15) is 5.76 Å². The molecule has 1 heterocycles. The molecule has 0 saturated carbocycles. The van der Waals surface area contributed by atoms with Crippen molar-refractivity contribution in [2.75, 3.05) is 6.54 Å². The third kappa shape index (κ3) is 2.06. The van der Waals surface area contributed by atoms with Gasteiger partial charge < -0.3 is 9.73 Å². The van der Waals surface area contributed by atoms with Gasteiger partial charge in [0.15, 0.2) is 11.4 Å². The molecule has 2 aromatic rings. The van der Waals surface area contributed by atoms with Crippen molar-refractivity contribution in [2.24, 2.45) is 0 Å². The average molecular weight is 318 g/mol. The van der Waals surface area contributed by atoms with Crippen molar-refractivity contribution in [1.29, 1.82) is 0 Å². The summed E-state index contributed by atoms with van der Waals surface area (Å²) in [5.74, 6) is -1.21. The van der Waals surface area contributed by atoms with Crippen LogP contribution in [-0.4, -0.2) is 6.54 Å². The first-order valence-corrected chi connectivity index (χ1v) is 6.56. The maximum absolute atomic E-state index is 13.7. The summed E-state index contributed by atoms with van der Waals surface area (Å²) in [7, 11) is 0. The Morgan fingerprint density at radius 2 is 2.11 bits per heavy atom.